The first-order chi connectivity index (χ1) is 11.1. The van der Waals surface area contributed by atoms with Crippen LogP contribution in [0.25, 0.3) is 0 Å². The van der Waals surface area contributed by atoms with Crippen LogP contribution in [-0.4, -0.2) is 56.4 Å². The first-order valence-corrected chi connectivity index (χ1v) is 7.90. The lowest BCUT2D eigenvalue weighted by Gasteiger charge is -2.12. The number of aromatic carboxylic acids is 1. The van der Waals surface area contributed by atoms with Crippen molar-refractivity contribution in [3.63, 3.8) is 0 Å². The molecule has 0 saturated carbocycles. The summed E-state index contributed by atoms with van der Waals surface area (Å²) in [4.78, 5) is 10.6. The maximum Gasteiger partial charge on any atom is 0.422 e. The Balaban J connectivity index is 0.000000823. The van der Waals surface area contributed by atoms with E-state index in [2.05, 4.69) is 4.74 Å². The normalized spacial score (nSPS) is 12.2. The lowest BCUT2D eigenvalue weighted by Crippen LogP contribution is -2.20. The number of carbonyl (C=O) groups is 1. The maximum absolute atomic E-state index is 12.0. The number of aliphatic hydroxyl groups excluding tert-OH is 1. The second kappa shape index (κ2) is 8.38. The molecule has 0 aliphatic carbocycles. The molecule has 6 nitrogen and oxygen atoms in total. The number of ether oxygens (including phenoxy) is 1. The zero-order valence-electron chi connectivity index (χ0n) is 12.3. The lowest BCUT2D eigenvalue weighted by molar-refractivity contribution is -0.159. The van der Waals surface area contributed by atoms with Crippen molar-refractivity contribution < 1.29 is 54.5 Å². The molecule has 0 spiro atoms. The van der Waals surface area contributed by atoms with E-state index in [0.717, 1.165) is 24.5 Å². The van der Waals surface area contributed by atoms with Crippen LogP contribution in [-0.2, 0) is 9.84 Å². The molecule has 25 heavy (non-hydrogen) atoms. The number of aliphatic hydroxyl groups is 1. The number of hydrogen-bond donors (Lipinski definition) is 2. The highest BCUT2D eigenvalue weighted by Crippen LogP contribution is 2.25. The predicted molar refractivity (Wildman–Crippen MR) is 71.2 cm³/mol. The van der Waals surface area contributed by atoms with Gasteiger partial charge in [-0.05, 0) is 18.2 Å². The number of sulfone groups is 1. The molecule has 0 heterocycles. The van der Waals surface area contributed by atoms with E-state index in [9.17, 15) is 39.6 Å². The maximum atomic E-state index is 12.0. The van der Waals surface area contributed by atoms with Crippen LogP contribution < -0.4 is 4.74 Å². The Kier molecular flexibility index (Phi) is 7.70. The summed E-state index contributed by atoms with van der Waals surface area (Å²) < 4.78 is 94.3. The number of halogens is 6. The van der Waals surface area contributed by atoms with Crippen molar-refractivity contribution in [2.45, 2.75) is 17.2 Å². The van der Waals surface area contributed by atoms with Gasteiger partial charge in [-0.1, -0.05) is 0 Å². The summed E-state index contributed by atoms with van der Waals surface area (Å²) in [5.74, 6) is -2.13. The van der Waals surface area contributed by atoms with Gasteiger partial charge in [-0.15, -0.1) is 0 Å². The molecule has 0 bridgehead atoms. The molecule has 0 radical (unpaired) electrons. The van der Waals surface area contributed by atoms with Crippen LogP contribution in [0, 0.1) is 0 Å². The third-order valence-corrected chi connectivity index (χ3v) is 3.29. The Bertz CT molecular complexity index is 695. The number of alkyl halides is 6. The van der Waals surface area contributed by atoms with Crippen molar-refractivity contribution in [1.82, 2.24) is 0 Å². The topological polar surface area (TPSA) is 101 Å². The third kappa shape index (κ3) is 9.76. The smallest absolute Gasteiger partial charge is 0.422 e. The number of carboxylic acid groups (broad SMARTS) is 1. The third-order valence-electron chi connectivity index (χ3n) is 2.18. The first-order valence-electron chi connectivity index (χ1n) is 6.01. The monoisotopic (exact) mass is 398 g/mol. The number of benzene rings is 1. The molecule has 1 rings (SSSR count). The van der Waals surface area contributed by atoms with Gasteiger partial charge in [-0.3, -0.25) is 0 Å². The molecule has 13 heteroatoms. The van der Waals surface area contributed by atoms with E-state index in [1.54, 1.807) is 0 Å². The van der Waals surface area contributed by atoms with Gasteiger partial charge < -0.3 is 14.9 Å². The Morgan fingerprint density at radius 1 is 1.12 bits per heavy atom. The van der Waals surface area contributed by atoms with E-state index in [-0.39, 0.29) is 4.90 Å². The summed E-state index contributed by atoms with van der Waals surface area (Å²) in [6, 6.07) is 2.61. The van der Waals surface area contributed by atoms with Crippen LogP contribution in [0.2, 0.25) is 0 Å². The highest BCUT2D eigenvalue weighted by Gasteiger charge is 2.29. The fraction of sp³-hybridized carbons (Fsp3) is 0.417. The minimum atomic E-state index is -4.62. The second-order valence-corrected chi connectivity index (χ2v) is 6.43. The molecule has 0 saturated heterocycles. The molecule has 1 aromatic rings. The molecule has 2 N–H and O–H groups in total. The van der Waals surface area contributed by atoms with Crippen LogP contribution in [0.3, 0.4) is 0 Å². The molecular weight excluding hydrogens is 386 g/mol. The Morgan fingerprint density at radius 3 is 1.92 bits per heavy atom. The predicted octanol–water partition coefficient (Wildman–Crippen LogP) is 2.27. The highest BCUT2D eigenvalue weighted by molar-refractivity contribution is 7.90. The van der Waals surface area contributed by atoms with Gasteiger partial charge in [-0.25, -0.2) is 13.2 Å². The van der Waals surface area contributed by atoms with Crippen molar-refractivity contribution in [2.24, 2.45) is 0 Å². The van der Waals surface area contributed by atoms with Crippen LogP contribution >= 0.6 is 0 Å². The zero-order valence-corrected chi connectivity index (χ0v) is 13.2. The largest absolute Gasteiger partial charge is 0.483 e. The molecule has 0 aliphatic rings. The molecule has 1 aromatic carbocycles. The summed E-state index contributed by atoms with van der Waals surface area (Å²) in [6.07, 6.45) is -8.17. The van der Waals surface area contributed by atoms with Crippen molar-refractivity contribution in [3.05, 3.63) is 23.8 Å². The van der Waals surface area contributed by atoms with Crippen LogP contribution in [0.4, 0.5) is 26.3 Å². The molecule has 0 atom stereocenters. The lowest BCUT2D eigenvalue weighted by atomic mass is 10.2. The van der Waals surface area contributed by atoms with Gasteiger partial charge >= 0.3 is 18.3 Å². The number of carboxylic acids is 1. The summed E-state index contributed by atoms with van der Waals surface area (Å²) in [7, 11) is -3.66. The average molecular weight is 398 g/mol. The highest BCUT2D eigenvalue weighted by atomic mass is 32.2. The van der Waals surface area contributed by atoms with Gasteiger partial charge in [0, 0.05) is 6.26 Å². The summed E-state index contributed by atoms with van der Waals surface area (Å²) in [5.41, 5.74) is -0.646. The van der Waals surface area contributed by atoms with Crippen LogP contribution in [0.15, 0.2) is 23.1 Å². The van der Waals surface area contributed by atoms with Crippen LogP contribution in [0.1, 0.15) is 10.4 Å². The minimum Gasteiger partial charge on any atom is -0.483 e. The van der Waals surface area contributed by atoms with Crippen molar-refractivity contribution in [2.75, 3.05) is 19.5 Å². The molecular formula is C12H12F6O6S. The van der Waals surface area contributed by atoms with Gasteiger partial charge in [0.1, 0.15) is 17.9 Å². The Morgan fingerprint density at radius 2 is 1.60 bits per heavy atom. The Labute approximate surface area is 137 Å². The molecule has 0 unspecified atom stereocenters. The van der Waals surface area contributed by atoms with E-state index in [0.29, 0.717) is 0 Å². The van der Waals surface area contributed by atoms with Gasteiger partial charge in [0.2, 0.25) is 0 Å². The summed E-state index contributed by atoms with van der Waals surface area (Å²) >= 11 is 0. The fourth-order valence-electron chi connectivity index (χ4n) is 1.19. The summed E-state index contributed by atoms with van der Waals surface area (Å²) in [5, 5.41) is 16.1. The van der Waals surface area contributed by atoms with E-state index in [1.165, 1.54) is 0 Å². The van der Waals surface area contributed by atoms with Crippen molar-refractivity contribution in [1.29, 1.82) is 0 Å². The van der Waals surface area contributed by atoms with Gasteiger partial charge in [0.05, 0.1) is 4.90 Å². The minimum absolute atomic E-state index is 0.316. The van der Waals surface area contributed by atoms with E-state index < -0.39 is 52.7 Å². The zero-order chi connectivity index (χ0) is 20.1. The van der Waals surface area contributed by atoms with Gasteiger partial charge in [0.25, 0.3) is 0 Å². The molecule has 0 fully saturated rings. The second-order valence-electron chi connectivity index (χ2n) is 4.41. The van der Waals surface area contributed by atoms with E-state index in [4.69, 9.17) is 10.2 Å². The first kappa shape index (κ1) is 23.0. The van der Waals surface area contributed by atoms with E-state index >= 15 is 0 Å². The molecule has 144 valence electrons. The van der Waals surface area contributed by atoms with Crippen LogP contribution in [0.5, 0.6) is 5.75 Å². The SMILES string of the molecule is CS(=O)(=O)c1ccc(OCC(F)(F)F)c(C(=O)O)c1.OCC(F)(F)F. The number of rotatable bonds is 4. The van der Waals surface area contributed by atoms with E-state index in [1.807, 2.05) is 0 Å². The summed E-state index contributed by atoms with van der Waals surface area (Å²) in [6.45, 7) is -3.39. The van der Waals surface area contributed by atoms with Crippen molar-refractivity contribution in [3.8, 4) is 5.75 Å². The Hall–Kier alpha value is -2.02. The fourth-order valence-corrected chi connectivity index (χ4v) is 1.84. The molecule has 0 aliphatic heterocycles. The van der Waals surface area contributed by atoms with Crippen molar-refractivity contribution >= 4 is 15.8 Å². The molecule has 0 amide bonds. The average Bonchev–Trinajstić information content (AvgIpc) is 2.43. The number of hydrogen-bond acceptors (Lipinski definition) is 5. The standard InChI is InChI=1S/C10H9F3O5S.C2H3F3O/c1-19(16,17)6-2-3-8(7(4-6)9(14)15)18-5-10(11,12)13;3-2(4,5)1-6/h2-4H,5H2,1H3,(H,14,15);6H,1H2. The van der Waals surface area contributed by atoms with Gasteiger partial charge in [0.15, 0.2) is 16.4 Å². The quantitative estimate of drug-likeness (QED) is 0.755. The van der Waals surface area contributed by atoms with Gasteiger partial charge in [-0.2, -0.15) is 26.3 Å². The molecule has 0 aromatic heterocycles.